The molecule has 1 saturated heterocycles. The van der Waals surface area contributed by atoms with Crippen molar-refractivity contribution in [2.75, 3.05) is 25.0 Å². The Balaban J connectivity index is 1.91. The summed E-state index contributed by atoms with van der Waals surface area (Å²) in [5.41, 5.74) is 3.23. The highest BCUT2D eigenvalue weighted by atomic mass is 35.5. The number of halogens is 2. The van der Waals surface area contributed by atoms with Gasteiger partial charge in [0.25, 0.3) is 0 Å². The maximum Gasteiger partial charge on any atom is 0.410 e. The molecule has 0 aliphatic carbocycles. The number of carbonyl (C=O) groups is 1. The van der Waals surface area contributed by atoms with Crippen molar-refractivity contribution in [1.82, 2.24) is 14.9 Å². The number of carbonyl (C=O) groups excluding carboxylic acids is 1. The van der Waals surface area contributed by atoms with Crippen LogP contribution in [0, 0.1) is 0 Å². The molecule has 3 rings (SSSR count). The van der Waals surface area contributed by atoms with Crippen LogP contribution in [0.1, 0.15) is 46.0 Å². The normalized spacial score (nSPS) is 18.1. The average molecular weight is 495 g/mol. The van der Waals surface area contributed by atoms with Crippen molar-refractivity contribution in [2.24, 2.45) is 0 Å². The number of amides is 1. The summed E-state index contributed by atoms with van der Waals surface area (Å²) >= 11 is 12.5. The maximum atomic E-state index is 12.5. The molecule has 1 N–H and O–H groups in total. The number of likely N-dealkylation sites (tertiary alicyclic amines) is 1. The van der Waals surface area contributed by atoms with Crippen molar-refractivity contribution >= 4 is 35.1 Å². The van der Waals surface area contributed by atoms with Crippen LogP contribution in [0.15, 0.2) is 18.2 Å². The maximum absolute atomic E-state index is 12.5. The number of aromatic nitrogens is 2. The van der Waals surface area contributed by atoms with Crippen molar-refractivity contribution in [3.8, 4) is 11.3 Å². The molecule has 1 aliphatic rings. The minimum atomic E-state index is -0.331. The van der Waals surface area contributed by atoms with Crippen molar-refractivity contribution in [2.45, 2.75) is 65.7 Å². The van der Waals surface area contributed by atoms with Crippen molar-refractivity contribution in [1.29, 1.82) is 0 Å². The molecule has 0 unspecified atom stereocenters. The molecule has 1 aromatic carbocycles. The van der Waals surface area contributed by atoms with Gasteiger partial charge in [-0.05, 0) is 51.8 Å². The lowest BCUT2D eigenvalue weighted by molar-refractivity contribution is 0.0535. The van der Waals surface area contributed by atoms with Gasteiger partial charge in [0.1, 0.15) is 5.82 Å². The molecular formula is C24H32Cl2N4O3. The molecule has 1 fully saturated rings. The van der Waals surface area contributed by atoms with Gasteiger partial charge < -0.3 is 19.7 Å². The molecule has 9 heteroatoms. The molecule has 2 heterocycles. The molecule has 0 bridgehead atoms. The number of hydrogen-bond acceptors (Lipinski definition) is 6. The van der Waals surface area contributed by atoms with Crippen LogP contribution in [0.5, 0.6) is 0 Å². The van der Waals surface area contributed by atoms with E-state index in [9.17, 15) is 4.79 Å². The van der Waals surface area contributed by atoms with Crippen molar-refractivity contribution in [3.63, 3.8) is 0 Å². The van der Waals surface area contributed by atoms with Crippen LogP contribution in [0.25, 0.3) is 11.3 Å². The lowest BCUT2D eigenvalue weighted by Gasteiger charge is -2.22. The predicted molar refractivity (Wildman–Crippen MR) is 132 cm³/mol. The second-order valence-electron chi connectivity index (χ2n) is 8.23. The summed E-state index contributed by atoms with van der Waals surface area (Å²) < 4.78 is 11.3. The molecule has 2 atom stereocenters. The topological polar surface area (TPSA) is 76.6 Å². The molecule has 1 aliphatic heterocycles. The van der Waals surface area contributed by atoms with E-state index in [0.717, 1.165) is 22.6 Å². The highest BCUT2D eigenvalue weighted by molar-refractivity contribution is 6.36. The van der Waals surface area contributed by atoms with E-state index in [-0.39, 0.29) is 24.3 Å². The third-order valence-electron chi connectivity index (χ3n) is 5.46. The molecule has 180 valence electrons. The van der Waals surface area contributed by atoms with E-state index in [1.807, 2.05) is 40.7 Å². The minimum Gasteiger partial charge on any atom is -0.447 e. The predicted octanol–water partition coefficient (Wildman–Crippen LogP) is 5.62. The van der Waals surface area contributed by atoms with Gasteiger partial charge in [0.2, 0.25) is 0 Å². The fourth-order valence-electron chi connectivity index (χ4n) is 3.91. The zero-order valence-electron chi connectivity index (χ0n) is 19.8. The van der Waals surface area contributed by atoms with E-state index in [0.29, 0.717) is 48.4 Å². The molecule has 0 saturated carbocycles. The number of benzene rings is 1. The largest absolute Gasteiger partial charge is 0.447 e. The van der Waals surface area contributed by atoms with Crippen LogP contribution in [-0.4, -0.2) is 58.9 Å². The number of nitrogens with one attached hydrogen (secondary N) is 1. The second-order valence-corrected chi connectivity index (χ2v) is 9.07. The van der Waals surface area contributed by atoms with E-state index in [1.165, 1.54) is 0 Å². The van der Waals surface area contributed by atoms with Crippen LogP contribution in [0.2, 0.25) is 10.0 Å². The van der Waals surface area contributed by atoms with Gasteiger partial charge in [-0.1, -0.05) is 37.0 Å². The molecule has 0 spiro atoms. The number of anilines is 1. The van der Waals surface area contributed by atoms with Gasteiger partial charge in [-0.3, -0.25) is 0 Å². The Kier molecular flexibility index (Phi) is 8.79. The Bertz CT molecular complexity index is 986. The van der Waals surface area contributed by atoms with E-state index in [4.69, 9.17) is 42.6 Å². The summed E-state index contributed by atoms with van der Waals surface area (Å²) in [6.45, 7) is 11.2. The standard InChI is InChI=1S/C24H32Cl2N4O3/c1-6-18-22(16-10-9-15(25)11-17(16)26)27-19(7-2)23(28-18)29-20-12-30(13-21(20)32-8-3)24(31)33-14(4)5/h9-11,14,20-21H,6-8,12-13H2,1-5H3,(H,28,29)/t20-,21+/m1/s1. The number of nitrogens with zero attached hydrogens (tertiary/aromatic N) is 3. The Morgan fingerprint density at radius 1 is 1.15 bits per heavy atom. The van der Waals surface area contributed by atoms with Crippen LogP contribution in [0.4, 0.5) is 10.6 Å². The van der Waals surface area contributed by atoms with Crippen LogP contribution < -0.4 is 5.32 Å². The third-order valence-corrected chi connectivity index (χ3v) is 6.01. The first kappa shape index (κ1) is 25.5. The van der Waals surface area contributed by atoms with Crippen molar-refractivity contribution in [3.05, 3.63) is 39.6 Å². The van der Waals surface area contributed by atoms with Gasteiger partial charge in [0.05, 0.1) is 46.9 Å². The smallest absolute Gasteiger partial charge is 0.410 e. The van der Waals surface area contributed by atoms with Crippen LogP contribution in [0.3, 0.4) is 0 Å². The zero-order valence-corrected chi connectivity index (χ0v) is 21.3. The molecule has 33 heavy (non-hydrogen) atoms. The first-order chi connectivity index (χ1) is 15.8. The van der Waals surface area contributed by atoms with Crippen LogP contribution in [-0.2, 0) is 22.3 Å². The average Bonchev–Trinajstić information content (AvgIpc) is 3.16. The third kappa shape index (κ3) is 6.08. The SMILES string of the molecule is CCO[C@H]1CN(C(=O)OC(C)C)C[C@H]1Nc1nc(CC)c(-c2ccc(Cl)cc2Cl)nc1CC. The molecule has 2 aromatic rings. The number of aryl methyl sites for hydroxylation is 2. The number of ether oxygens (including phenoxy) is 2. The summed E-state index contributed by atoms with van der Waals surface area (Å²) in [4.78, 5) is 24.0. The second kappa shape index (κ2) is 11.4. The summed E-state index contributed by atoms with van der Waals surface area (Å²) in [5.74, 6) is 0.706. The first-order valence-electron chi connectivity index (χ1n) is 11.5. The van der Waals surface area contributed by atoms with Crippen LogP contribution >= 0.6 is 23.2 Å². The van der Waals surface area contributed by atoms with Crippen molar-refractivity contribution < 1.29 is 14.3 Å². The summed E-state index contributed by atoms with van der Waals surface area (Å²) in [7, 11) is 0. The van der Waals surface area contributed by atoms with E-state index >= 15 is 0 Å². The van der Waals surface area contributed by atoms with Gasteiger partial charge >= 0.3 is 6.09 Å². The molecule has 1 aromatic heterocycles. The number of rotatable bonds is 8. The molecule has 0 radical (unpaired) electrons. The fourth-order valence-corrected chi connectivity index (χ4v) is 4.41. The zero-order chi connectivity index (χ0) is 24.1. The molecule has 7 nitrogen and oxygen atoms in total. The molecular weight excluding hydrogens is 463 g/mol. The quantitative estimate of drug-likeness (QED) is 0.512. The van der Waals surface area contributed by atoms with E-state index < -0.39 is 0 Å². The van der Waals surface area contributed by atoms with Gasteiger partial charge in [-0.2, -0.15) is 0 Å². The summed E-state index contributed by atoms with van der Waals surface area (Å²) in [6, 6.07) is 5.27. The monoisotopic (exact) mass is 494 g/mol. The minimum absolute atomic E-state index is 0.126. The first-order valence-corrected chi connectivity index (χ1v) is 12.2. The Morgan fingerprint density at radius 2 is 1.88 bits per heavy atom. The fraction of sp³-hybridized carbons (Fsp3) is 0.542. The lowest BCUT2D eigenvalue weighted by atomic mass is 10.1. The Morgan fingerprint density at radius 3 is 2.48 bits per heavy atom. The Hall–Kier alpha value is -2.09. The lowest BCUT2D eigenvalue weighted by Crippen LogP contribution is -2.35. The number of hydrogen-bond donors (Lipinski definition) is 1. The van der Waals surface area contributed by atoms with Gasteiger partial charge in [-0.15, -0.1) is 0 Å². The van der Waals surface area contributed by atoms with Gasteiger partial charge in [0.15, 0.2) is 0 Å². The summed E-state index contributed by atoms with van der Waals surface area (Å²) in [5, 5.41) is 4.63. The van der Waals surface area contributed by atoms with Gasteiger partial charge in [0, 0.05) is 23.7 Å². The Labute approximate surface area is 205 Å². The van der Waals surface area contributed by atoms with Gasteiger partial charge in [-0.25, -0.2) is 14.8 Å². The highest BCUT2D eigenvalue weighted by Gasteiger charge is 2.37. The molecule has 1 amide bonds. The highest BCUT2D eigenvalue weighted by Crippen LogP contribution is 2.33. The van der Waals surface area contributed by atoms with E-state index in [2.05, 4.69) is 5.32 Å². The van der Waals surface area contributed by atoms with E-state index in [1.54, 1.807) is 17.0 Å². The summed E-state index contributed by atoms with van der Waals surface area (Å²) in [6.07, 6.45) is 0.695.